The molecule has 0 radical (unpaired) electrons. The van der Waals surface area contributed by atoms with Crippen molar-refractivity contribution < 1.29 is 0 Å². The van der Waals surface area contributed by atoms with Crippen molar-refractivity contribution in [3.05, 3.63) is 32.2 Å². The Labute approximate surface area is 100 Å². The van der Waals surface area contributed by atoms with Crippen LogP contribution in [0.3, 0.4) is 0 Å². The van der Waals surface area contributed by atoms with Gasteiger partial charge in [-0.1, -0.05) is 6.07 Å². The fourth-order valence-corrected chi connectivity index (χ4v) is 3.82. The van der Waals surface area contributed by atoms with Gasteiger partial charge in [-0.15, -0.1) is 22.9 Å². The summed E-state index contributed by atoms with van der Waals surface area (Å²) in [5.41, 5.74) is 2.56. The van der Waals surface area contributed by atoms with Crippen LogP contribution in [0.2, 0.25) is 0 Å². The molecular formula is C10H8ClIS. The third-order valence-electron chi connectivity index (χ3n) is 2.00. The Morgan fingerprint density at radius 2 is 2.23 bits per heavy atom. The van der Waals surface area contributed by atoms with Crippen LogP contribution in [0.15, 0.2) is 17.5 Å². The van der Waals surface area contributed by atoms with E-state index in [0.29, 0.717) is 5.88 Å². The maximum Gasteiger partial charge on any atom is 0.0488 e. The zero-order chi connectivity index (χ0) is 9.42. The van der Waals surface area contributed by atoms with E-state index in [4.69, 9.17) is 11.6 Å². The second-order valence-electron chi connectivity index (χ2n) is 3.02. The number of rotatable bonds is 1. The van der Waals surface area contributed by atoms with Gasteiger partial charge in [-0.05, 0) is 57.5 Å². The van der Waals surface area contributed by atoms with Gasteiger partial charge < -0.3 is 0 Å². The summed E-state index contributed by atoms with van der Waals surface area (Å²) in [5, 5.41) is 3.48. The third kappa shape index (κ3) is 1.72. The summed E-state index contributed by atoms with van der Waals surface area (Å²) in [6.45, 7) is 2.12. The van der Waals surface area contributed by atoms with Gasteiger partial charge in [0, 0.05) is 14.2 Å². The molecule has 0 bridgehead atoms. The number of hydrogen-bond donors (Lipinski definition) is 0. The fourth-order valence-electron chi connectivity index (χ4n) is 1.38. The molecule has 0 saturated heterocycles. The van der Waals surface area contributed by atoms with E-state index in [-0.39, 0.29) is 0 Å². The Morgan fingerprint density at radius 1 is 1.46 bits per heavy atom. The molecular weight excluding hydrogens is 315 g/mol. The predicted octanol–water partition coefficient (Wildman–Crippen LogP) is 4.55. The first-order valence-corrected chi connectivity index (χ1v) is 6.44. The lowest BCUT2D eigenvalue weighted by molar-refractivity contribution is 1.46. The van der Waals surface area contributed by atoms with Crippen molar-refractivity contribution in [3.63, 3.8) is 0 Å². The normalized spacial score (nSPS) is 11.0. The molecule has 1 aromatic carbocycles. The molecule has 0 unspecified atom stereocenters. The van der Waals surface area contributed by atoms with E-state index in [1.807, 2.05) is 0 Å². The molecule has 0 aliphatic rings. The summed E-state index contributed by atoms with van der Waals surface area (Å²) in [7, 11) is 0. The van der Waals surface area contributed by atoms with E-state index >= 15 is 0 Å². The zero-order valence-electron chi connectivity index (χ0n) is 7.10. The van der Waals surface area contributed by atoms with Crippen molar-refractivity contribution >= 4 is 55.6 Å². The molecule has 0 spiro atoms. The highest BCUT2D eigenvalue weighted by Gasteiger charge is 2.06. The van der Waals surface area contributed by atoms with Gasteiger partial charge in [-0.2, -0.15) is 0 Å². The first-order valence-electron chi connectivity index (χ1n) is 3.94. The number of fused-ring (bicyclic) bond motifs is 1. The number of alkyl halides is 1. The quantitative estimate of drug-likeness (QED) is 0.533. The molecule has 13 heavy (non-hydrogen) atoms. The average molecular weight is 323 g/mol. The summed E-state index contributed by atoms with van der Waals surface area (Å²) >= 11 is 10.0. The SMILES string of the molecule is Cc1cc(I)c2scc(CCl)c2c1. The maximum atomic E-state index is 5.86. The van der Waals surface area contributed by atoms with E-state index < -0.39 is 0 Å². The van der Waals surface area contributed by atoms with Gasteiger partial charge in [0.05, 0.1) is 0 Å². The van der Waals surface area contributed by atoms with E-state index in [0.717, 1.165) is 0 Å². The van der Waals surface area contributed by atoms with Crippen LogP contribution >= 0.6 is 45.5 Å². The monoisotopic (exact) mass is 322 g/mol. The van der Waals surface area contributed by atoms with Crippen molar-refractivity contribution in [2.45, 2.75) is 12.8 Å². The van der Waals surface area contributed by atoms with Gasteiger partial charge in [0.15, 0.2) is 0 Å². The van der Waals surface area contributed by atoms with Crippen LogP contribution in [0.4, 0.5) is 0 Å². The summed E-state index contributed by atoms with van der Waals surface area (Å²) in [4.78, 5) is 0. The molecule has 0 atom stereocenters. The molecule has 68 valence electrons. The Balaban J connectivity index is 2.82. The van der Waals surface area contributed by atoms with Crippen LogP contribution < -0.4 is 0 Å². The number of thiophene rings is 1. The molecule has 0 N–H and O–H groups in total. The van der Waals surface area contributed by atoms with Crippen molar-refractivity contribution in [3.8, 4) is 0 Å². The molecule has 1 heterocycles. The third-order valence-corrected chi connectivity index (χ3v) is 4.58. The molecule has 0 saturated carbocycles. The summed E-state index contributed by atoms with van der Waals surface area (Å²) < 4.78 is 2.69. The van der Waals surface area contributed by atoms with Crippen LogP contribution in [-0.2, 0) is 5.88 Å². The molecule has 2 aromatic rings. The van der Waals surface area contributed by atoms with Crippen molar-refractivity contribution in [2.24, 2.45) is 0 Å². The second-order valence-corrected chi connectivity index (χ2v) is 5.33. The molecule has 3 heteroatoms. The second kappa shape index (κ2) is 3.75. The van der Waals surface area contributed by atoms with Crippen molar-refractivity contribution in [1.29, 1.82) is 0 Å². The molecule has 1 aromatic heterocycles. The lowest BCUT2D eigenvalue weighted by atomic mass is 10.1. The minimum atomic E-state index is 0.611. The number of aryl methyl sites for hydroxylation is 1. The van der Waals surface area contributed by atoms with E-state index in [1.54, 1.807) is 11.3 Å². The molecule has 0 fully saturated rings. The van der Waals surface area contributed by atoms with Gasteiger partial charge in [-0.25, -0.2) is 0 Å². The molecule has 2 rings (SSSR count). The molecule has 0 nitrogen and oxygen atoms in total. The van der Waals surface area contributed by atoms with Crippen LogP contribution in [-0.4, -0.2) is 0 Å². The summed E-state index contributed by atoms with van der Waals surface area (Å²) in [6.07, 6.45) is 0. The lowest BCUT2D eigenvalue weighted by Gasteiger charge is -1.98. The molecule has 0 aliphatic carbocycles. The largest absolute Gasteiger partial charge is 0.142 e. The average Bonchev–Trinajstić information content (AvgIpc) is 2.47. The molecule has 0 aliphatic heterocycles. The highest BCUT2D eigenvalue weighted by molar-refractivity contribution is 14.1. The smallest absolute Gasteiger partial charge is 0.0488 e. The van der Waals surface area contributed by atoms with Crippen LogP contribution in [0.1, 0.15) is 11.1 Å². The Morgan fingerprint density at radius 3 is 2.92 bits per heavy atom. The van der Waals surface area contributed by atoms with Gasteiger partial charge in [0.25, 0.3) is 0 Å². The van der Waals surface area contributed by atoms with Gasteiger partial charge >= 0.3 is 0 Å². The zero-order valence-corrected chi connectivity index (χ0v) is 10.8. The van der Waals surface area contributed by atoms with Gasteiger partial charge in [0.2, 0.25) is 0 Å². The number of benzene rings is 1. The van der Waals surface area contributed by atoms with Crippen LogP contribution in [0, 0.1) is 10.5 Å². The van der Waals surface area contributed by atoms with Gasteiger partial charge in [-0.3, -0.25) is 0 Å². The first-order chi connectivity index (χ1) is 6.22. The van der Waals surface area contributed by atoms with Crippen LogP contribution in [0.5, 0.6) is 0 Å². The number of hydrogen-bond acceptors (Lipinski definition) is 1. The topological polar surface area (TPSA) is 0 Å². The highest BCUT2D eigenvalue weighted by Crippen LogP contribution is 2.31. The lowest BCUT2D eigenvalue weighted by Crippen LogP contribution is -1.79. The minimum absolute atomic E-state index is 0.611. The van der Waals surface area contributed by atoms with Crippen LogP contribution in [0.25, 0.3) is 10.1 Å². The number of halogens is 2. The molecule has 0 amide bonds. The Hall–Kier alpha value is 0.200. The Kier molecular flexibility index (Phi) is 2.81. The van der Waals surface area contributed by atoms with Crippen molar-refractivity contribution in [2.75, 3.05) is 0 Å². The summed E-state index contributed by atoms with van der Waals surface area (Å²) in [6, 6.07) is 4.42. The minimum Gasteiger partial charge on any atom is -0.142 e. The van der Waals surface area contributed by atoms with Gasteiger partial charge in [0.1, 0.15) is 0 Å². The summed E-state index contributed by atoms with van der Waals surface area (Å²) in [5.74, 6) is 0.611. The first kappa shape index (κ1) is 9.74. The van der Waals surface area contributed by atoms with Crippen molar-refractivity contribution in [1.82, 2.24) is 0 Å². The van der Waals surface area contributed by atoms with E-state index in [1.165, 1.54) is 24.8 Å². The fraction of sp³-hybridized carbons (Fsp3) is 0.200. The van der Waals surface area contributed by atoms with E-state index in [9.17, 15) is 0 Å². The Bertz CT molecular complexity index is 447. The highest BCUT2D eigenvalue weighted by atomic mass is 127. The standard InChI is InChI=1S/C10H8ClIS/c1-6-2-8-7(4-11)5-13-10(8)9(12)3-6/h2-3,5H,4H2,1H3. The predicted molar refractivity (Wildman–Crippen MR) is 68.8 cm³/mol. The van der Waals surface area contributed by atoms with E-state index in [2.05, 4.69) is 47.0 Å². The maximum absolute atomic E-state index is 5.86.